The summed E-state index contributed by atoms with van der Waals surface area (Å²) < 4.78 is 0. The molecule has 1 aliphatic rings. The molecular weight excluding hydrogens is 258 g/mol. The quantitative estimate of drug-likeness (QED) is 0.905. The van der Waals surface area contributed by atoms with Crippen LogP contribution in [0, 0.1) is 13.8 Å². The van der Waals surface area contributed by atoms with Crippen molar-refractivity contribution in [1.29, 1.82) is 0 Å². The Morgan fingerprint density at radius 1 is 1.14 bits per heavy atom. The predicted octanol–water partition coefficient (Wildman–Crippen LogP) is 3.72. The Labute approximate surface area is 127 Å². The minimum Gasteiger partial charge on any atom is -0.329 e. The third-order valence-electron chi connectivity index (χ3n) is 3.92. The van der Waals surface area contributed by atoms with E-state index in [1.807, 2.05) is 6.20 Å². The molecule has 1 fully saturated rings. The van der Waals surface area contributed by atoms with Crippen LogP contribution in [0.4, 0.5) is 11.5 Å². The second-order valence-corrected chi connectivity index (χ2v) is 6.08. The van der Waals surface area contributed by atoms with Crippen molar-refractivity contribution in [3.63, 3.8) is 0 Å². The molecule has 110 valence electrons. The topological polar surface area (TPSA) is 28.2 Å². The van der Waals surface area contributed by atoms with Gasteiger partial charge in [0.1, 0.15) is 5.82 Å². The first-order valence-electron chi connectivity index (χ1n) is 7.62. The summed E-state index contributed by atoms with van der Waals surface area (Å²) in [4.78, 5) is 6.67. The Kier molecular flexibility index (Phi) is 3.93. The lowest BCUT2D eigenvalue weighted by atomic mass is 10.1. The van der Waals surface area contributed by atoms with Gasteiger partial charge >= 0.3 is 0 Å². The fourth-order valence-corrected chi connectivity index (χ4v) is 2.58. The molecule has 3 heteroatoms. The van der Waals surface area contributed by atoms with Crippen LogP contribution in [-0.4, -0.2) is 18.1 Å². The summed E-state index contributed by atoms with van der Waals surface area (Å²) in [5.74, 6) is 0.995. The van der Waals surface area contributed by atoms with Gasteiger partial charge in [-0.2, -0.15) is 0 Å². The Balaban J connectivity index is 1.79. The van der Waals surface area contributed by atoms with Gasteiger partial charge in [-0.1, -0.05) is 6.07 Å². The van der Waals surface area contributed by atoms with Crippen molar-refractivity contribution in [1.82, 2.24) is 10.3 Å². The van der Waals surface area contributed by atoms with E-state index in [0.717, 1.165) is 18.4 Å². The number of aryl methyl sites for hydroxylation is 2. The summed E-state index contributed by atoms with van der Waals surface area (Å²) in [6.07, 6.45) is 4.54. The maximum atomic E-state index is 4.52. The zero-order valence-corrected chi connectivity index (χ0v) is 13.1. The number of benzene rings is 1. The van der Waals surface area contributed by atoms with Crippen molar-refractivity contribution >= 4 is 11.5 Å². The lowest BCUT2D eigenvalue weighted by Gasteiger charge is -2.20. The normalized spacial score (nSPS) is 14.2. The molecule has 1 saturated carbocycles. The molecule has 1 aromatic heterocycles. The third-order valence-corrected chi connectivity index (χ3v) is 3.92. The van der Waals surface area contributed by atoms with Crippen LogP contribution in [0.25, 0.3) is 0 Å². The monoisotopic (exact) mass is 281 g/mol. The molecule has 0 atom stereocenters. The highest BCUT2D eigenvalue weighted by atomic mass is 15.2. The highest BCUT2D eigenvalue weighted by Crippen LogP contribution is 2.25. The van der Waals surface area contributed by atoms with Crippen LogP contribution < -0.4 is 10.2 Å². The van der Waals surface area contributed by atoms with Crippen LogP contribution in [0.1, 0.15) is 29.5 Å². The van der Waals surface area contributed by atoms with E-state index in [9.17, 15) is 0 Å². The van der Waals surface area contributed by atoms with Crippen LogP contribution >= 0.6 is 0 Å². The van der Waals surface area contributed by atoms with Gasteiger partial charge < -0.3 is 10.2 Å². The average Bonchev–Trinajstić information content (AvgIpc) is 3.28. The van der Waals surface area contributed by atoms with E-state index in [1.54, 1.807) is 0 Å². The zero-order valence-electron chi connectivity index (χ0n) is 13.1. The first kappa shape index (κ1) is 14.1. The largest absolute Gasteiger partial charge is 0.329 e. The maximum absolute atomic E-state index is 4.52. The average molecular weight is 281 g/mol. The molecule has 0 amide bonds. The van der Waals surface area contributed by atoms with Gasteiger partial charge in [-0.25, -0.2) is 4.98 Å². The van der Waals surface area contributed by atoms with Gasteiger partial charge in [0.25, 0.3) is 0 Å². The Morgan fingerprint density at radius 3 is 2.52 bits per heavy atom. The number of hydrogen-bond acceptors (Lipinski definition) is 3. The van der Waals surface area contributed by atoms with Gasteiger partial charge in [0.15, 0.2) is 0 Å². The van der Waals surface area contributed by atoms with E-state index in [1.165, 1.54) is 35.2 Å². The van der Waals surface area contributed by atoms with E-state index in [0.29, 0.717) is 0 Å². The SMILES string of the molecule is Cc1cc(C)cc(N(C)c2cc(CNC3CC3)ccn2)c1. The fraction of sp³-hybridized carbons (Fsp3) is 0.389. The van der Waals surface area contributed by atoms with E-state index in [4.69, 9.17) is 0 Å². The number of anilines is 2. The van der Waals surface area contributed by atoms with Gasteiger partial charge in [-0.15, -0.1) is 0 Å². The standard InChI is InChI=1S/C18H23N3/c1-13-8-14(2)10-17(9-13)21(3)18-11-15(6-7-19-18)12-20-16-4-5-16/h6-11,16,20H,4-5,12H2,1-3H3. The second kappa shape index (κ2) is 5.86. The lowest BCUT2D eigenvalue weighted by Crippen LogP contribution is -2.16. The van der Waals surface area contributed by atoms with Crippen molar-refractivity contribution in [2.24, 2.45) is 0 Å². The minimum atomic E-state index is 0.735. The van der Waals surface area contributed by atoms with Gasteiger partial charge in [0.2, 0.25) is 0 Å². The molecule has 0 saturated heterocycles. The molecule has 1 aliphatic carbocycles. The molecule has 1 aromatic carbocycles. The van der Waals surface area contributed by atoms with E-state index >= 15 is 0 Å². The molecule has 0 unspecified atom stereocenters. The van der Waals surface area contributed by atoms with Gasteiger partial charge in [-0.3, -0.25) is 0 Å². The number of nitrogens with zero attached hydrogens (tertiary/aromatic N) is 2. The van der Waals surface area contributed by atoms with Crippen LogP contribution in [0.15, 0.2) is 36.5 Å². The third kappa shape index (κ3) is 3.61. The molecule has 21 heavy (non-hydrogen) atoms. The Bertz CT molecular complexity index is 612. The van der Waals surface area contributed by atoms with E-state index in [-0.39, 0.29) is 0 Å². The molecule has 3 nitrogen and oxygen atoms in total. The van der Waals surface area contributed by atoms with Gasteiger partial charge in [0, 0.05) is 31.5 Å². The summed E-state index contributed by atoms with van der Waals surface area (Å²) in [7, 11) is 2.08. The Morgan fingerprint density at radius 2 is 1.86 bits per heavy atom. The number of hydrogen-bond donors (Lipinski definition) is 1. The molecule has 0 radical (unpaired) electrons. The van der Waals surface area contributed by atoms with Crippen molar-refractivity contribution in [2.75, 3.05) is 11.9 Å². The fourth-order valence-electron chi connectivity index (χ4n) is 2.58. The number of nitrogens with one attached hydrogen (secondary N) is 1. The summed E-state index contributed by atoms with van der Waals surface area (Å²) in [6, 6.07) is 11.6. The summed E-state index contributed by atoms with van der Waals surface area (Å²) >= 11 is 0. The van der Waals surface area contributed by atoms with Gasteiger partial charge in [-0.05, 0) is 67.6 Å². The smallest absolute Gasteiger partial charge is 0.132 e. The molecule has 1 heterocycles. The number of aromatic nitrogens is 1. The predicted molar refractivity (Wildman–Crippen MR) is 88.1 cm³/mol. The van der Waals surface area contributed by atoms with Crippen molar-refractivity contribution in [3.05, 3.63) is 53.2 Å². The second-order valence-electron chi connectivity index (χ2n) is 6.08. The van der Waals surface area contributed by atoms with Crippen LogP contribution in [0.2, 0.25) is 0 Å². The maximum Gasteiger partial charge on any atom is 0.132 e. The van der Waals surface area contributed by atoms with Crippen LogP contribution in [0.3, 0.4) is 0 Å². The molecule has 3 rings (SSSR count). The molecule has 0 aliphatic heterocycles. The minimum absolute atomic E-state index is 0.735. The van der Waals surface area contributed by atoms with Gasteiger partial charge in [0.05, 0.1) is 0 Å². The molecule has 1 N–H and O–H groups in total. The summed E-state index contributed by atoms with van der Waals surface area (Å²) in [6.45, 7) is 5.20. The molecular formula is C18H23N3. The van der Waals surface area contributed by atoms with Crippen molar-refractivity contribution in [3.8, 4) is 0 Å². The highest BCUT2D eigenvalue weighted by molar-refractivity contribution is 5.61. The number of rotatable bonds is 5. The summed E-state index contributed by atoms with van der Waals surface area (Å²) in [5, 5.41) is 3.55. The number of pyridine rings is 1. The lowest BCUT2D eigenvalue weighted by molar-refractivity contribution is 0.687. The van der Waals surface area contributed by atoms with E-state index < -0.39 is 0 Å². The summed E-state index contributed by atoms with van der Waals surface area (Å²) in [5.41, 5.74) is 5.04. The van der Waals surface area contributed by atoms with E-state index in [2.05, 4.69) is 66.4 Å². The molecule has 0 spiro atoms. The molecule has 2 aromatic rings. The first-order chi connectivity index (χ1) is 10.1. The first-order valence-corrected chi connectivity index (χ1v) is 7.62. The zero-order chi connectivity index (χ0) is 14.8. The van der Waals surface area contributed by atoms with Crippen molar-refractivity contribution < 1.29 is 0 Å². The Hall–Kier alpha value is -1.87. The van der Waals surface area contributed by atoms with Crippen LogP contribution in [0.5, 0.6) is 0 Å². The van der Waals surface area contributed by atoms with Crippen molar-refractivity contribution in [2.45, 2.75) is 39.3 Å². The highest BCUT2D eigenvalue weighted by Gasteiger charge is 2.20. The van der Waals surface area contributed by atoms with Crippen LogP contribution in [-0.2, 0) is 6.54 Å². The molecule has 0 bridgehead atoms.